The number of fused-ring (bicyclic) bond motifs is 1. The maximum atomic E-state index is 10.7. The van der Waals surface area contributed by atoms with Gasteiger partial charge in [0.2, 0.25) is 5.52 Å². The van der Waals surface area contributed by atoms with Crippen LogP contribution in [-0.2, 0) is 11.3 Å². The molecule has 0 aliphatic heterocycles. The first kappa shape index (κ1) is 20.0. The number of aryl methyl sites for hydroxylation is 1. The summed E-state index contributed by atoms with van der Waals surface area (Å²) in [7, 11) is 0. The summed E-state index contributed by atoms with van der Waals surface area (Å²) in [6.07, 6.45) is 9.90. The van der Waals surface area contributed by atoms with E-state index in [4.69, 9.17) is 5.11 Å². The predicted octanol–water partition coefficient (Wildman–Crippen LogP) is 5.64. The molecule has 3 aromatic rings. The minimum Gasteiger partial charge on any atom is -0.481 e. The van der Waals surface area contributed by atoms with Crippen molar-refractivity contribution in [2.24, 2.45) is 4.99 Å². The Morgan fingerprint density at radius 3 is 2.64 bits per heavy atom. The number of thiazole rings is 1. The van der Waals surface area contributed by atoms with E-state index in [9.17, 15) is 4.79 Å². The van der Waals surface area contributed by atoms with Gasteiger partial charge < -0.3 is 5.11 Å². The van der Waals surface area contributed by atoms with Crippen LogP contribution in [0.4, 0.5) is 5.69 Å². The molecule has 2 aromatic carbocycles. The van der Waals surface area contributed by atoms with Gasteiger partial charge in [-0.1, -0.05) is 47.7 Å². The van der Waals surface area contributed by atoms with Crippen LogP contribution in [0.2, 0.25) is 0 Å². The second kappa shape index (κ2) is 10.5. The van der Waals surface area contributed by atoms with Gasteiger partial charge in [-0.25, -0.2) is 0 Å². The van der Waals surface area contributed by atoms with Crippen molar-refractivity contribution in [2.75, 3.05) is 0 Å². The fourth-order valence-electron chi connectivity index (χ4n) is 3.03. The molecule has 1 N–H and O–H groups in total. The number of unbranched alkanes of at least 4 members (excludes halogenated alkanes) is 2. The van der Waals surface area contributed by atoms with E-state index in [-0.39, 0.29) is 6.42 Å². The van der Waals surface area contributed by atoms with Gasteiger partial charge in [0.15, 0.2) is 6.54 Å². The number of aliphatic imine (C=N–C) groups is 1. The second-order valence-corrected chi connectivity index (χ2v) is 7.61. The number of aromatic nitrogens is 1. The summed E-state index contributed by atoms with van der Waals surface area (Å²) >= 11 is 1.78. The Labute approximate surface area is 169 Å². The highest BCUT2D eigenvalue weighted by Gasteiger charge is 2.17. The monoisotopic (exact) mass is 393 g/mol. The van der Waals surface area contributed by atoms with Gasteiger partial charge in [-0.15, -0.1) is 0 Å². The number of para-hydroxylation sites is 2. The predicted molar refractivity (Wildman–Crippen MR) is 116 cm³/mol. The molecule has 0 unspecified atom stereocenters. The SMILES string of the molecule is O=C(O)CCCCC[n+]1c(/C=C/CC=Nc2ccccc2)sc2ccccc21. The topological polar surface area (TPSA) is 53.5 Å². The third kappa shape index (κ3) is 5.86. The van der Waals surface area contributed by atoms with Gasteiger partial charge in [-0.2, -0.15) is 4.57 Å². The number of allylic oxidation sites excluding steroid dienone is 1. The molecular weight excluding hydrogens is 368 g/mol. The molecule has 0 fully saturated rings. The molecule has 3 rings (SSSR count). The molecule has 0 aliphatic carbocycles. The summed E-state index contributed by atoms with van der Waals surface area (Å²) in [5, 5.41) is 9.99. The number of aliphatic carboxylic acids is 1. The number of nitrogens with zero attached hydrogens (tertiary/aromatic N) is 2. The van der Waals surface area contributed by atoms with E-state index in [0.717, 1.165) is 37.9 Å². The van der Waals surface area contributed by atoms with E-state index in [1.807, 2.05) is 36.5 Å². The summed E-state index contributed by atoms with van der Waals surface area (Å²) in [5.41, 5.74) is 2.21. The molecule has 0 atom stereocenters. The van der Waals surface area contributed by atoms with Crippen molar-refractivity contribution in [2.45, 2.75) is 38.6 Å². The van der Waals surface area contributed by atoms with E-state index in [2.05, 4.69) is 46.0 Å². The zero-order valence-corrected chi connectivity index (χ0v) is 16.6. The van der Waals surface area contributed by atoms with Gasteiger partial charge in [0.1, 0.15) is 4.70 Å². The fraction of sp³-hybridized carbons (Fsp3) is 0.261. The molecule has 0 bridgehead atoms. The standard InChI is InChI=1S/C23H24N2O2S/c26-23(27)16-5-2-10-18-25-20-13-6-7-14-21(20)28-22(25)15-8-9-17-24-19-11-3-1-4-12-19/h1,3-4,6-8,11-15,17H,2,5,9-10,16,18H2/p+1/b15-8+,24-17?. The molecule has 4 nitrogen and oxygen atoms in total. The van der Waals surface area contributed by atoms with Crippen molar-refractivity contribution in [1.29, 1.82) is 0 Å². The second-order valence-electron chi connectivity index (χ2n) is 6.55. The minimum absolute atomic E-state index is 0.253. The molecule has 28 heavy (non-hydrogen) atoms. The first-order valence-electron chi connectivity index (χ1n) is 9.61. The first-order valence-corrected chi connectivity index (χ1v) is 10.4. The Kier molecular flexibility index (Phi) is 7.50. The van der Waals surface area contributed by atoms with Crippen molar-refractivity contribution in [3.8, 4) is 0 Å². The van der Waals surface area contributed by atoms with E-state index >= 15 is 0 Å². The molecule has 1 heterocycles. The van der Waals surface area contributed by atoms with Crippen molar-refractivity contribution in [3.63, 3.8) is 0 Å². The van der Waals surface area contributed by atoms with Crippen LogP contribution in [0.15, 0.2) is 65.7 Å². The zero-order chi connectivity index (χ0) is 19.6. The highest BCUT2D eigenvalue weighted by Crippen LogP contribution is 2.21. The van der Waals surface area contributed by atoms with Crippen LogP contribution in [0.3, 0.4) is 0 Å². The number of carboxylic acids is 1. The third-order valence-electron chi connectivity index (χ3n) is 4.41. The molecule has 144 valence electrons. The Balaban J connectivity index is 1.64. The van der Waals surface area contributed by atoms with Crippen LogP contribution >= 0.6 is 11.3 Å². The Morgan fingerprint density at radius 2 is 1.82 bits per heavy atom. The van der Waals surface area contributed by atoms with Crippen molar-refractivity contribution in [1.82, 2.24) is 0 Å². The lowest BCUT2D eigenvalue weighted by molar-refractivity contribution is -0.669. The minimum atomic E-state index is -0.713. The zero-order valence-electron chi connectivity index (χ0n) is 15.8. The quantitative estimate of drug-likeness (QED) is 0.275. The largest absolute Gasteiger partial charge is 0.481 e. The molecule has 0 spiro atoms. The van der Waals surface area contributed by atoms with Crippen LogP contribution in [0, 0.1) is 0 Å². The maximum absolute atomic E-state index is 10.7. The Bertz CT molecular complexity index is 961. The number of hydrogen-bond donors (Lipinski definition) is 1. The maximum Gasteiger partial charge on any atom is 0.303 e. The van der Waals surface area contributed by atoms with Gasteiger partial charge in [0.05, 0.1) is 5.69 Å². The van der Waals surface area contributed by atoms with Gasteiger partial charge in [0, 0.05) is 37.6 Å². The van der Waals surface area contributed by atoms with Crippen molar-refractivity contribution in [3.05, 3.63) is 65.7 Å². The summed E-state index contributed by atoms with van der Waals surface area (Å²) in [5.74, 6) is -0.713. The Morgan fingerprint density at radius 1 is 1.04 bits per heavy atom. The normalized spacial score (nSPS) is 11.7. The van der Waals surface area contributed by atoms with Crippen LogP contribution in [-0.4, -0.2) is 17.3 Å². The average Bonchev–Trinajstić information content (AvgIpc) is 3.05. The summed E-state index contributed by atoms with van der Waals surface area (Å²) in [6.45, 7) is 0.904. The molecule has 1 aromatic heterocycles. The molecule has 0 saturated heterocycles. The molecule has 5 heteroatoms. The molecule has 0 amide bonds. The van der Waals surface area contributed by atoms with Crippen LogP contribution in [0.1, 0.15) is 37.1 Å². The molecule has 0 aliphatic rings. The average molecular weight is 394 g/mol. The number of carboxylic acid groups (broad SMARTS) is 1. The van der Waals surface area contributed by atoms with Crippen LogP contribution in [0.5, 0.6) is 0 Å². The molecule has 0 radical (unpaired) electrons. The summed E-state index contributed by atoms with van der Waals surface area (Å²) in [6, 6.07) is 18.4. The molecule has 0 saturated carbocycles. The summed E-state index contributed by atoms with van der Waals surface area (Å²) in [4.78, 5) is 15.1. The van der Waals surface area contributed by atoms with Crippen LogP contribution in [0.25, 0.3) is 16.3 Å². The number of carbonyl (C=O) groups is 1. The number of hydrogen-bond acceptors (Lipinski definition) is 3. The fourth-order valence-corrected chi connectivity index (χ4v) is 4.15. The van der Waals surface area contributed by atoms with Crippen molar-refractivity contribution < 1.29 is 14.5 Å². The van der Waals surface area contributed by atoms with Gasteiger partial charge >= 0.3 is 5.97 Å². The van der Waals surface area contributed by atoms with Gasteiger partial charge in [-0.3, -0.25) is 9.79 Å². The lowest BCUT2D eigenvalue weighted by Gasteiger charge is -1.98. The number of rotatable bonds is 10. The molecular formula is C23H25N2O2S+. The van der Waals surface area contributed by atoms with Crippen LogP contribution < -0.4 is 4.57 Å². The smallest absolute Gasteiger partial charge is 0.303 e. The lowest BCUT2D eigenvalue weighted by atomic mass is 10.2. The lowest BCUT2D eigenvalue weighted by Crippen LogP contribution is -2.35. The van der Waals surface area contributed by atoms with Gasteiger partial charge in [-0.05, 0) is 31.0 Å². The first-order chi connectivity index (χ1) is 13.7. The van der Waals surface area contributed by atoms with E-state index in [1.54, 1.807) is 11.3 Å². The summed E-state index contributed by atoms with van der Waals surface area (Å²) < 4.78 is 3.61. The van der Waals surface area contributed by atoms with Gasteiger partial charge in [0.25, 0.3) is 5.01 Å². The third-order valence-corrected chi connectivity index (χ3v) is 5.54. The van der Waals surface area contributed by atoms with E-state index < -0.39 is 5.97 Å². The highest BCUT2D eigenvalue weighted by atomic mass is 32.1. The number of benzene rings is 2. The Hall–Kier alpha value is -2.79. The van der Waals surface area contributed by atoms with Crippen molar-refractivity contribution >= 4 is 45.5 Å². The van der Waals surface area contributed by atoms with E-state index in [0.29, 0.717) is 0 Å². The van der Waals surface area contributed by atoms with E-state index in [1.165, 1.54) is 15.2 Å². The highest BCUT2D eigenvalue weighted by molar-refractivity contribution is 7.18.